The van der Waals surface area contributed by atoms with Crippen LogP contribution < -0.4 is 5.32 Å². The zero-order valence-corrected chi connectivity index (χ0v) is 12.1. The molecule has 1 saturated carbocycles. The molecule has 0 aliphatic heterocycles. The second kappa shape index (κ2) is 7.11. The van der Waals surface area contributed by atoms with Gasteiger partial charge in [-0.25, -0.2) is 9.59 Å². The van der Waals surface area contributed by atoms with E-state index in [1.165, 1.54) is 0 Å². The van der Waals surface area contributed by atoms with Crippen molar-refractivity contribution in [2.24, 2.45) is 11.8 Å². The van der Waals surface area contributed by atoms with Gasteiger partial charge in [-0.1, -0.05) is 43.7 Å². The Labute approximate surface area is 124 Å². The minimum atomic E-state index is -1.01. The Balaban J connectivity index is 1.77. The summed E-state index contributed by atoms with van der Waals surface area (Å²) < 4.78 is 5.05. The van der Waals surface area contributed by atoms with Crippen LogP contribution in [0.5, 0.6) is 0 Å². The van der Waals surface area contributed by atoms with Crippen LogP contribution in [0.4, 0.5) is 4.79 Å². The number of alkyl carbamates (subject to hydrolysis) is 1. The van der Waals surface area contributed by atoms with E-state index in [1.807, 2.05) is 30.3 Å². The molecule has 0 radical (unpaired) electrons. The standard InChI is InChI=1S/C16H21NO4/c1-2-12-8-13(12)9-14(15(18)19)17-16(20)21-10-11-6-4-3-5-7-11/h3-7,12-14H,2,8-10H2,1H3,(H,17,20)(H,18,19)/t12-,13+,14?/m1/s1. The Bertz CT molecular complexity index is 488. The van der Waals surface area contributed by atoms with E-state index in [-0.39, 0.29) is 6.61 Å². The third-order valence-electron chi connectivity index (χ3n) is 3.93. The highest BCUT2D eigenvalue weighted by molar-refractivity contribution is 5.79. The quantitative estimate of drug-likeness (QED) is 0.810. The molecule has 1 fully saturated rings. The number of hydrogen-bond acceptors (Lipinski definition) is 3. The third kappa shape index (κ3) is 4.77. The summed E-state index contributed by atoms with van der Waals surface area (Å²) in [5.74, 6) is 0.00734. The smallest absolute Gasteiger partial charge is 0.408 e. The molecular weight excluding hydrogens is 270 g/mol. The number of carboxylic acids is 1. The first-order chi connectivity index (χ1) is 10.1. The van der Waals surface area contributed by atoms with Gasteiger partial charge in [-0.2, -0.15) is 0 Å². The highest BCUT2D eigenvalue weighted by Crippen LogP contribution is 2.44. The maximum atomic E-state index is 11.7. The Hall–Kier alpha value is -2.04. The summed E-state index contributed by atoms with van der Waals surface area (Å²) >= 11 is 0. The fourth-order valence-electron chi connectivity index (χ4n) is 2.53. The summed E-state index contributed by atoms with van der Waals surface area (Å²) in [6, 6.07) is 8.41. The van der Waals surface area contributed by atoms with Gasteiger partial charge >= 0.3 is 12.1 Å². The molecule has 114 valence electrons. The highest BCUT2D eigenvalue weighted by atomic mass is 16.5. The number of carbonyl (C=O) groups is 2. The summed E-state index contributed by atoms with van der Waals surface area (Å²) in [5.41, 5.74) is 0.868. The molecule has 0 saturated heterocycles. The number of amides is 1. The number of carboxylic acid groups (broad SMARTS) is 1. The minimum Gasteiger partial charge on any atom is -0.480 e. The van der Waals surface area contributed by atoms with Crippen LogP contribution in [0.25, 0.3) is 0 Å². The fraction of sp³-hybridized carbons (Fsp3) is 0.500. The van der Waals surface area contributed by atoms with Gasteiger partial charge in [-0.05, 0) is 30.2 Å². The van der Waals surface area contributed by atoms with E-state index >= 15 is 0 Å². The zero-order valence-electron chi connectivity index (χ0n) is 12.1. The van der Waals surface area contributed by atoms with Crippen molar-refractivity contribution in [1.82, 2.24) is 5.32 Å². The molecule has 2 rings (SSSR count). The molecule has 2 N–H and O–H groups in total. The first kappa shape index (κ1) is 15.4. The lowest BCUT2D eigenvalue weighted by Gasteiger charge is -2.14. The maximum Gasteiger partial charge on any atom is 0.408 e. The van der Waals surface area contributed by atoms with E-state index in [1.54, 1.807) is 0 Å². The molecule has 5 heteroatoms. The molecule has 3 atom stereocenters. The Morgan fingerprint density at radius 3 is 2.62 bits per heavy atom. The average Bonchev–Trinajstić information content (AvgIpc) is 3.24. The first-order valence-corrected chi connectivity index (χ1v) is 7.30. The molecule has 0 spiro atoms. The minimum absolute atomic E-state index is 0.139. The molecule has 21 heavy (non-hydrogen) atoms. The van der Waals surface area contributed by atoms with Crippen molar-refractivity contribution in [3.8, 4) is 0 Å². The SMILES string of the molecule is CC[C@@H]1C[C@H]1CC(NC(=O)OCc1ccccc1)C(=O)O. The van der Waals surface area contributed by atoms with Gasteiger partial charge in [0.1, 0.15) is 12.6 Å². The predicted molar refractivity (Wildman–Crippen MR) is 77.7 cm³/mol. The third-order valence-corrected chi connectivity index (χ3v) is 3.93. The average molecular weight is 291 g/mol. The molecule has 5 nitrogen and oxygen atoms in total. The zero-order chi connectivity index (χ0) is 15.2. The number of hydrogen-bond donors (Lipinski definition) is 2. The summed E-state index contributed by atoms with van der Waals surface area (Å²) in [5, 5.41) is 11.6. The van der Waals surface area contributed by atoms with Crippen LogP contribution in [0.3, 0.4) is 0 Å². The maximum absolute atomic E-state index is 11.7. The number of benzene rings is 1. The van der Waals surface area contributed by atoms with Crippen molar-refractivity contribution in [1.29, 1.82) is 0 Å². The van der Waals surface area contributed by atoms with Crippen LogP contribution in [0.15, 0.2) is 30.3 Å². The van der Waals surface area contributed by atoms with Crippen molar-refractivity contribution in [3.63, 3.8) is 0 Å². The molecule has 1 aliphatic carbocycles. The lowest BCUT2D eigenvalue weighted by molar-refractivity contribution is -0.139. The van der Waals surface area contributed by atoms with E-state index in [9.17, 15) is 14.7 Å². The van der Waals surface area contributed by atoms with Crippen molar-refractivity contribution < 1.29 is 19.4 Å². The normalized spacial score (nSPS) is 21.4. The van der Waals surface area contributed by atoms with Gasteiger partial charge < -0.3 is 15.2 Å². The van der Waals surface area contributed by atoms with Crippen LogP contribution in [0, 0.1) is 11.8 Å². The highest BCUT2D eigenvalue weighted by Gasteiger charge is 2.39. The number of carbonyl (C=O) groups excluding carboxylic acids is 1. The van der Waals surface area contributed by atoms with Crippen molar-refractivity contribution in [2.45, 2.75) is 38.8 Å². The first-order valence-electron chi connectivity index (χ1n) is 7.30. The van der Waals surface area contributed by atoms with Gasteiger partial charge in [-0.3, -0.25) is 0 Å². The molecule has 1 aromatic rings. The molecule has 1 unspecified atom stereocenters. The monoisotopic (exact) mass is 291 g/mol. The summed E-state index contributed by atoms with van der Waals surface area (Å²) in [4.78, 5) is 22.9. The molecule has 0 bridgehead atoms. The lowest BCUT2D eigenvalue weighted by atomic mass is 10.1. The molecule has 1 amide bonds. The van der Waals surface area contributed by atoms with Crippen molar-refractivity contribution in [3.05, 3.63) is 35.9 Å². The van der Waals surface area contributed by atoms with E-state index in [0.29, 0.717) is 18.3 Å². The van der Waals surface area contributed by atoms with Gasteiger partial charge in [0.05, 0.1) is 0 Å². The van der Waals surface area contributed by atoms with E-state index in [4.69, 9.17) is 4.74 Å². The lowest BCUT2D eigenvalue weighted by Crippen LogP contribution is -2.41. The van der Waals surface area contributed by atoms with Crippen molar-refractivity contribution >= 4 is 12.1 Å². The summed E-state index contributed by atoms with van der Waals surface area (Å²) in [6.07, 6.45) is 1.92. The predicted octanol–water partition coefficient (Wildman–Crippen LogP) is 2.80. The van der Waals surface area contributed by atoms with E-state index < -0.39 is 18.1 Å². The Morgan fingerprint density at radius 1 is 1.33 bits per heavy atom. The van der Waals surface area contributed by atoms with Crippen LogP contribution in [-0.2, 0) is 16.1 Å². The topological polar surface area (TPSA) is 75.6 Å². The number of aliphatic carboxylic acids is 1. The van der Waals surface area contributed by atoms with Crippen LogP contribution in [0.2, 0.25) is 0 Å². The van der Waals surface area contributed by atoms with Crippen molar-refractivity contribution in [2.75, 3.05) is 0 Å². The largest absolute Gasteiger partial charge is 0.480 e. The van der Waals surface area contributed by atoms with Crippen LogP contribution in [0.1, 0.15) is 31.7 Å². The van der Waals surface area contributed by atoms with Crippen LogP contribution in [-0.4, -0.2) is 23.2 Å². The number of nitrogens with one attached hydrogen (secondary N) is 1. The van der Waals surface area contributed by atoms with Crippen LogP contribution >= 0.6 is 0 Å². The van der Waals surface area contributed by atoms with Gasteiger partial charge in [0.15, 0.2) is 0 Å². The molecule has 0 aromatic heterocycles. The number of rotatable bonds is 7. The van der Waals surface area contributed by atoms with Gasteiger partial charge in [-0.15, -0.1) is 0 Å². The molecular formula is C16H21NO4. The summed E-state index contributed by atoms with van der Waals surface area (Å²) in [7, 11) is 0. The molecule has 1 aromatic carbocycles. The Morgan fingerprint density at radius 2 is 2.05 bits per heavy atom. The second-order valence-corrected chi connectivity index (χ2v) is 5.50. The van der Waals surface area contributed by atoms with Gasteiger partial charge in [0, 0.05) is 0 Å². The van der Waals surface area contributed by atoms with E-state index in [0.717, 1.165) is 18.4 Å². The van der Waals surface area contributed by atoms with Gasteiger partial charge in [0.2, 0.25) is 0 Å². The Kier molecular flexibility index (Phi) is 5.20. The summed E-state index contributed by atoms with van der Waals surface area (Å²) in [6.45, 7) is 2.24. The molecule has 0 heterocycles. The molecule has 1 aliphatic rings. The van der Waals surface area contributed by atoms with Gasteiger partial charge in [0.25, 0.3) is 0 Å². The second-order valence-electron chi connectivity index (χ2n) is 5.50. The fourth-order valence-corrected chi connectivity index (χ4v) is 2.53. The van der Waals surface area contributed by atoms with E-state index in [2.05, 4.69) is 12.2 Å². The number of ether oxygens (including phenoxy) is 1.